The van der Waals surface area contributed by atoms with Crippen LogP contribution < -0.4 is 10.4 Å². The minimum Gasteiger partial charge on any atom is -0.722 e. The standard InChI is InChI=1S/C23H36NO3Si/c1-10-16-17-14-12-11-13-15-18(17)19(20(16)28(8,9)23(5,6)7)21(27-26)24(25)22(2,3)4/h11-15,21,26H,10H2,1-9H3/p-1. The first-order valence-electron chi connectivity index (χ1n) is 10.1. The Morgan fingerprint density at radius 1 is 1.04 bits per heavy atom. The molecular formula is C23H35NO3Si-. The molecule has 4 nitrogen and oxygen atoms in total. The normalized spacial score (nSPS) is 14.7. The molecule has 0 aromatic heterocycles. The van der Waals surface area contributed by atoms with Crippen molar-refractivity contribution < 1.29 is 15.4 Å². The summed E-state index contributed by atoms with van der Waals surface area (Å²) in [7, 11) is -2.07. The molecule has 0 heterocycles. The Bertz CT molecular complexity index is 790. The monoisotopic (exact) mass is 401 g/mol. The van der Waals surface area contributed by atoms with Crippen LogP contribution in [-0.2, 0) is 16.5 Å². The van der Waals surface area contributed by atoms with Crippen molar-refractivity contribution in [3.63, 3.8) is 0 Å². The van der Waals surface area contributed by atoms with Gasteiger partial charge in [-0.05, 0) is 54.1 Å². The van der Waals surface area contributed by atoms with Gasteiger partial charge in [0.05, 0.1) is 8.07 Å². The van der Waals surface area contributed by atoms with Crippen molar-refractivity contribution in [2.45, 2.75) is 84.8 Å². The van der Waals surface area contributed by atoms with Gasteiger partial charge in [-0.15, -0.1) is 10.3 Å². The summed E-state index contributed by atoms with van der Waals surface area (Å²) in [5.41, 5.74) is 3.35. The van der Waals surface area contributed by atoms with Crippen LogP contribution in [0, 0.1) is 0 Å². The third-order valence-corrected chi connectivity index (χ3v) is 11.9. The molecule has 155 valence electrons. The average Bonchev–Trinajstić information content (AvgIpc) is 2.71. The van der Waals surface area contributed by atoms with Crippen LogP contribution in [0.25, 0.3) is 11.1 Å². The summed E-state index contributed by atoms with van der Waals surface area (Å²) < 4.78 is 0. The molecule has 2 aliphatic carbocycles. The average molecular weight is 402 g/mol. The maximum absolute atomic E-state index is 13.2. The van der Waals surface area contributed by atoms with Crippen LogP contribution in [0.5, 0.6) is 0 Å². The van der Waals surface area contributed by atoms with Crippen LogP contribution >= 0.6 is 0 Å². The molecule has 0 saturated heterocycles. The summed E-state index contributed by atoms with van der Waals surface area (Å²) in [6.07, 6.45) is -0.322. The van der Waals surface area contributed by atoms with Crippen LogP contribution in [0.2, 0.25) is 18.1 Å². The highest BCUT2D eigenvalue weighted by atomic mass is 28.3. The van der Waals surface area contributed by atoms with Crippen molar-refractivity contribution in [2.24, 2.45) is 0 Å². The van der Waals surface area contributed by atoms with Gasteiger partial charge in [-0.3, -0.25) is 0 Å². The second-order valence-corrected chi connectivity index (χ2v) is 15.4. The molecule has 0 aromatic carbocycles. The highest BCUT2D eigenvalue weighted by Crippen LogP contribution is 2.44. The van der Waals surface area contributed by atoms with Gasteiger partial charge in [0.2, 0.25) is 0 Å². The Morgan fingerprint density at radius 3 is 2.00 bits per heavy atom. The Kier molecular flexibility index (Phi) is 6.48. The van der Waals surface area contributed by atoms with Gasteiger partial charge in [0.1, 0.15) is 0 Å². The summed E-state index contributed by atoms with van der Waals surface area (Å²) in [6.45, 7) is 19.0. The summed E-state index contributed by atoms with van der Waals surface area (Å²) in [6, 6.07) is 10.1. The SMILES string of the molecule is CCc1c2cccccc-2c(C(O[O-])N([O])C(C)(C)C)c1[Si](C)(C)C(C)(C)C. The van der Waals surface area contributed by atoms with Crippen LogP contribution in [0.1, 0.15) is 65.8 Å². The molecule has 1 radical (unpaired) electrons. The maximum Gasteiger partial charge on any atom is 0.153 e. The summed E-state index contributed by atoms with van der Waals surface area (Å²) in [5, 5.41) is 27.2. The third-order valence-electron chi connectivity index (χ3n) is 6.29. The lowest BCUT2D eigenvalue weighted by atomic mass is 10.0. The van der Waals surface area contributed by atoms with Gasteiger partial charge in [0, 0.05) is 11.1 Å². The molecule has 1 unspecified atom stereocenters. The quantitative estimate of drug-likeness (QED) is 0.313. The van der Waals surface area contributed by atoms with Crippen molar-refractivity contribution >= 4 is 13.3 Å². The maximum atomic E-state index is 13.2. The topological polar surface area (TPSA) is 55.4 Å². The van der Waals surface area contributed by atoms with E-state index in [9.17, 15) is 10.5 Å². The van der Waals surface area contributed by atoms with Crippen LogP contribution in [0.15, 0.2) is 30.3 Å². The van der Waals surface area contributed by atoms with Gasteiger partial charge in [-0.25, -0.2) is 0 Å². The smallest absolute Gasteiger partial charge is 0.153 e. The van der Waals surface area contributed by atoms with E-state index in [2.05, 4.69) is 51.7 Å². The van der Waals surface area contributed by atoms with Crippen molar-refractivity contribution in [3.8, 4) is 11.1 Å². The summed E-state index contributed by atoms with van der Waals surface area (Å²) >= 11 is 0. The zero-order valence-electron chi connectivity index (χ0n) is 18.8. The van der Waals surface area contributed by atoms with Gasteiger partial charge in [-0.1, -0.05) is 71.1 Å². The Morgan fingerprint density at radius 2 is 1.57 bits per heavy atom. The lowest BCUT2D eigenvalue weighted by molar-refractivity contribution is -0.722. The fourth-order valence-corrected chi connectivity index (χ4v) is 6.49. The van der Waals surface area contributed by atoms with Crippen LogP contribution in [0.3, 0.4) is 0 Å². The molecule has 0 amide bonds. The second kappa shape index (κ2) is 7.88. The van der Waals surface area contributed by atoms with Crippen LogP contribution in [0.4, 0.5) is 0 Å². The molecule has 1 atom stereocenters. The molecule has 0 saturated carbocycles. The number of nitrogens with zero attached hydrogens (tertiary/aromatic N) is 1. The molecule has 2 aliphatic rings. The first-order chi connectivity index (χ1) is 12.8. The molecule has 0 bridgehead atoms. The first-order valence-corrected chi connectivity index (χ1v) is 13.1. The number of rotatable bonds is 5. The van der Waals surface area contributed by atoms with Gasteiger partial charge in [-0.2, -0.15) is 0 Å². The van der Waals surface area contributed by atoms with Crippen molar-refractivity contribution in [2.75, 3.05) is 0 Å². The second-order valence-electron chi connectivity index (χ2n) is 10.2. The molecule has 0 N–H and O–H groups in total. The van der Waals surface area contributed by atoms with Crippen molar-refractivity contribution in [3.05, 3.63) is 41.5 Å². The molecule has 0 spiro atoms. The highest BCUT2D eigenvalue weighted by Gasteiger charge is 2.45. The minimum atomic E-state index is -2.07. The fourth-order valence-electron chi connectivity index (χ4n) is 3.75. The zero-order chi connectivity index (χ0) is 21.5. The fraction of sp³-hybridized carbons (Fsp3) is 0.565. The Labute approximate surface area is 171 Å². The number of hydrogen-bond acceptors (Lipinski definition) is 3. The zero-order valence-corrected chi connectivity index (χ0v) is 19.8. The van der Waals surface area contributed by atoms with Gasteiger partial charge >= 0.3 is 0 Å². The van der Waals surface area contributed by atoms with E-state index < -0.39 is 19.8 Å². The van der Waals surface area contributed by atoms with Gasteiger partial charge < -0.3 is 10.1 Å². The third kappa shape index (κ3) is 3.91. The molecule has 0 aliphatic heterocycles. The van der Waals surface area contributed by atoms with Crippen LogP contribution in [-0.4, -0.2) is 18.7 Å². The lowest BCUT2D eigenvalue weighted by Crippen LogP contribution is -2.54. The number of hydrogen-bond donors (Lipinski definition) is 0. The summed E-state index contributed by atoms with van der Waals surface area (Å²) in [4.78, 5) is 4.66. The number of hydroxylamine groups is 2. The van der Waals surface area contributed by atoms with E-state index in [0.29, 0.717) is 0 Å². The predicted octanol–water partition coefficient (Wildman–Crippen LogP) is 4.81. The van der Waals surface area contributed by atoms with Gasteiger partial charge in [0.25, 0.3) is 0 Å². The van der Waals surface area contributed by atoms with E-state index >= 15 is 0 Å². The van der Waals surface area contributed by atoms with Crippen molar-refractivity contribution in [1.82, 2.24) is 5.06 Å². The highest BCUT2D eigenvalue weighted by molar-refractivity contribution is 6.93. The van der Waals surface area contributed by atoms with E-state index in [0.717, 1.165) is 28.2 Å². The Hall–Kier alpha value is -1.24. The molecule has 0 fully saturated rings. The summed E-state index contributed by atoms with van der Waals surface area (Å²) in [5.74, 6) is 0. The first kappa shape index (κ1) is 23.0. The Balaban J connectivity index is 2.98. The van der Waals surface area contributed by atoms with E-state index in [1.165, 1.54) is 10.8 Å². The molecular weight excluding hydrogens is 366 g/mol. The lowest BCUT2D eigenvalue weighted by Gasteiger charge is -2.42. The largest absolute Gasteiger partial charge is 0.722 e. The van der Waals surface area contributed by atoms with E-state index in [4.69, 9.17) is 0 Å². The molecule has 5 heteroatoms. The van der Waals surface area contributed by atoms with E-state index in [1.54, 1.807) is 0 Å². The van der Waals surface area contributed by atoms with Crippen molar-refractivity contribution in [1.29, 1.82) is 0 Å². The molecule has 2 rings (SSSR count). The molecule has 28 heavy (non-hydrogen) atoms. The minimum absolute atomic E-state index is 0.0567. The van der Waals surface area contributed by atoms with Gasteiger partial charge in [0.15, 0.2) is 6.23 Å². The van der Waals surface area contributed by atoms with E-state index in [1.807, 2.05) is 45.0 Å². The van der Waals surface area contributed by atoms with E-state index in [-0.39, 0.29) is 5.04 Å². The molecule has 0 aromatic rings. The predicted molar refractivity (Wildman–Crippen MR) is 115 cm³/mol. The number of fused-ring (bicyclic) bond motifs is 1.